The van der Waals surface area contributed by atoms with Crippen LogP contribution in [0.1, 0.15) is 17.7 Å². The molecule has 0 saturated carbocycles. The fraction of sp³-hybridized carbons (Fsp3) is 0.235. The molecule has 0 spiro atoms. The lowest BCUT2D eigenvalue weighted by Gasteiger charge is -2.05. The topological polar surface area (TPSA) is 108 Å². The Morgan fingerprint density at radius 3 is 2.81 bits per heavy atom. The van der Waals surface area contributed by atoms with Crippen LogP contribution in [0.5, 0.6) is 0 Å². The van der Waals surface area contributed by atoms with Crippen molar-refractivity contribution in [3.63, 3.8) is 0 Å². The number of hydrogen-bond donors (Lipinski definition) is 1. The number of aromatic nitrogens is 4. The molecule has 0 unspecified atom stereocenters. The van der Waals surface area contributed by atoms with E-state index in [-0.39, 0.29) is 24.7 Å². The molecule has 0 bridgehead atoms. The molecule has 0 fully saturated rings. The molecule has 3 aromatic rings. The van der Waals surface area contributed by atoms with Gasteiger partial charge in [-0.3, -0.25) is 9.48 Å². The predicted octanol–water partition coefficient (Wildman–Crippen LogP) is 3.03. The van der Waals surface area contributed by atoms with Gasteiger partial charge in [-0.05, 0) is 29.5 Å². The highest BCUT2D eigenvalue weighted by Crippen LogP contribution is 2.15. The summed E-state index contributed by atoms with van der Waals surface area (Å²) in [6.07, 6.45) is 1.59. The van der Waals surface area contributed by atoms with Crippen molar-refractivity contribution >= 4 is 29.1 Å². The van der Waals surface area contributed by atoms with Crippen LogP contribution >= 0.6 is 11.6 Å². The molecule has 2 aromatic heterocycles. The predicted molar refractivity (Wildman–Crippen MR) is 99.6 cm³/mol. The number of halogens is 1. The number of hydrogen-bond acceptors (Lipinski definition) is 5. The molecule has 0 atom stereocenters. The highest BCUT2D eigenvalue weighted by atomic mass is 35.5. The van der Waals surface area contributed by atoms with Gasteiger partial charge in [0.2, 0.25) is 5.91 Å². The minimum Gasteiger partial charge on any atom is -0.358 e. The number of carbonyl (C=O) groups is 1. The van der Waals surface area contributed by atoms with Crippen LogP contribution in [0.3, 0.4) is 0 Å². The van der Waals surface area contributed by atoms with E-state index in [4.69, 9.17) is 11.6 Å². The highest BCUT2D eigenvalue weighted by molar-refractivity contribution is 6.30. The summed E-state index contributed by atoms with van der Waals surface area (Å²) >= 11 is 6.00. The number of carbonyl (C=O) groups excluding carboxylic acids is 1. The summed E-state index contributed by atoms with van der Waals surface area (Å²) in [6.45, 7) is 2.68. The Morgan fingerprint density at radius 2 is 2.11 bits per heavy atom. The molecule has 0 aliphatic rings. The van der Waals surface area contributed by atoms with Crippen molar-refractivity contribution in [3.8, 4) is 0 Å². The first-order valence-electron chi connectivity index (χ1n) is 8.17. The van der Waals surface area contributed by atoms with Crippen LogP contribution in [0.25, 0.3) is 0 Å². The molecule has 10 heteroatoms. The third kappa shape index (κ3) is 4.91. The summed E-state index contributed by atoms with van der Waals surface area (Å²) < 4.78 is 3.14. The zero-order valence-electron chi connectivity index (χ0n) is 14.5. The Kier molecular flexibility index (Phi) is 5.51. The Bertz CT molecular complexity index is 981. The molecule has 0 aliphatic carbocycles. The first-order valence-corrected chi connectivity index (χ1v) is 8.55. The molecule has 0 radical (unpaired) electrons. The lowest BCUT2D eigenvalue weighted by molar-refractivity contribution is -0.389. The maximum Gasteiger partial charge on any atom is 0.389 e. The number of aryl methyl sites for hydroxylation is 2. The van der Waals surface area contributed by atoms with Crippen LogP contribution in [-0.2, 0) is 17.9 Å². The van der Waals surface area contributed by atoms with Crippen molar-refractivity contribution in [2.24, 2.45) is 0 Å². The standard InChI is InChI=1S/C17H17ClN6O3/c1-12-9-15(20-23(12)11-13-3-2-4-14(18)10-13)19-17(25)6-8-22-7-5-16(21-22)24(26)27/h2-5,7,9-10H,6,8,11H2,1H3,(H,19,20,25). The summed E-state index contributed by atoms with van der Waals surface area (Å²) in [5, 5.41) is 22.2. The lowest BCUT2D eigenvalue weighted by Crippen LogP contribution is -2.15. The van der Waals surface area contributed by atoms with Crippen molar-refractivity contribution in [3.05, 3.63) is 69.0 Å². The summed E-state index contributed by atoms with van der Waals surface area (Å²) in [5.74, 6) is -0.0441. The number of benzene rings is 1. The van der Waals surface area contributed by atoms with Gasteiger partial charge in [-0.15, -0.1) is 0 Å². The smallest absolute Gasteiger partial charge is 0.358 e. The number of nitrogens with zero attached hydrogens (tertiary/aromatic N) is 5. The van der Waals surface area contributed by atoms with E-state index >= 15 is 0 Å². The van der Waals surface area contributed by atoms with Gasteiger partial charge in [0, 0.05) is 23.2 Å². The normalized spacial score (nSPS) is 10.7. The van der Waals surface area contributed by atoms with Gasteiger partial charge in [-0.2, -0.15) is 9.78 Å². The number of nitrogens with one attached hydrogen (secondary N) is 1. The maximum atomic E-state index is 12.1. The first kappa shape index (κ1) is 18.6. The molecule has 27 heavy (non-hydrogen) atoms. The van der Waals surface area contributed by atoms with E-state index in [9.17, 15) is 14.9 Å². The van der Waals surface area contributed by atoms with E-state index in [1.807, 2.05) is 25.1 Å². The van der Waals surface area contributed by atoms with Crippen molar-refractivity contribution in [2.75, 3.05) is 5.32 Å². The van der Waals surface area contributed by atoms with Gasteiger partial charge in [0.25, 0.3) is 0 Å². The minimum absolute atomic E-state index is 0.124. The monoisotopic (exact) mass is 388 g/mol. The Hall–Kier alpha value is -3.20. The van der Waals surface area contributed by atoms with Crippen molar-refractivity contribution in [2.45, 2.75) is 26.4 Å². The van der Waals surface area contributed by atoms with Gasteiger partial charge >= 0.3 is 5.82 Å². The van der Waals surface area contributed by atoms with Gasteiger partial charge in [-0.25, -0.2) is 0 Å². The van der Waals surface area contributed by atoms with Crippen LogP contribution in [0, 0.1) is 17.0 Å². The van der Waals surface area contributed by atoms with Crippen LogP contribution in [0.15, 0.2) is 42.6 Å². The first-order chi connectivity index (χ1) is 12.9. The number of amides is 1. The largest absolute Gasteiger partial charge is 0.389 e. The molecule has 1 aromatic carbocycles. The van der Waals surface area contributed by atoms with Gasteiger partial charge < -0.3 is 15.4 Å². The number of rotatable bonds is 7. The molecule has 1 N–H and O–H groups in total. The average molecular weight is 389 g/mol. The molecule has 3 rings (SSSR count). The summed E-state index contributed by atoms with van der Waals surface area (Å²) in [5.41, 5.74) is 1.90. The molecule has 2 heterocycles. The van der Waals surface area contributed by atoms with Crippen molar-refractivity contribution < 1.29 is 9.72 Å². The molecule has 9 nitrogen and oxygen atoms in total. The molecule has 0 saturated heterocycles. The molecule has 140 valence electrons. The average Bonchev–Trinajstić information content (AvgIpc) is 3.20. The highest BCUT2D eigenvalue weighted by Gasteiger charge is 2.13. The van der Waals surface area contributed by atoms with E-state index in [2.05, 4.69) is 15.5 Å². The van der Waals surface area contributed by atoms with Crippen LogP contribution in [0.4, 0.5) is 11.6 Å². The van der Waals surface area contributed by atoms with Crippen molar-refractivity contribution in [1.29, 1.82) is 0 Å². The van der Waals surface area contributed by atoms with Gasteiger partial charge in [0.05, 0.1) is 30.5 Å². The second-order valence-corrected chi connectivity index (χ2v) is 6.39. The zero-order chi connectivity index (χ0) is 19.4. The van der Waals surface area contributed by atoms with E-state index in [0.29, 0.717) is 17.4 Å². The molecule has 0 aliphatic heterocycles. The zero-order valence-corrected chi connectivity index (χ0v) is 15.3. The second kappa shape index (κ2) is 8.00. The third-order valence-corrected chi connectivity index (χ3v) is 4.09. The summed E-state index contributed by atoms with van der Waals surface area (Å²) in [6, 6.07) is 10.6. The summed E-state index contributed by atoms with van der Waals surface area (Å²) in [7, 11) is 0. The van der Waals surface area contributed by atoms with Crippen LogP contribution in [-0.4, -0.2) is 30.4 Å². The molecular weight excluding hydrogens is 372 g/mol. The third-order valence-electron chi connectivity index (χ3n) is 3.85. The maximum absolute atomic E-state index is 12.1. The molecule has 1 amide bonds. The van der Waals surface area contributed by atoms with E-state index < -0.39 is 4.92 Å². The fourth-order valence-corrected chi connectivity index (χ4v) is 2.75. The molecular formula is C17H17ClN6O3. The van der Waals surface area contributed by atoms with E-state index in [1.165, 1.54) is 16.9 Å². The number of nitro groups is 1. The Balaban J connectivity index is 1.57. The van der Waals surface area contributed by atoms with Gasteiger partial charge in [0.15, 0.2) is 5.82 Å². The van der Waals surface area contributed by atoms with Crippen LogP contribution < -0.4 is 5.32 Å². The minimum atomic E-state index is -0.577. The summed E-state index contributed by atoms with van der Waals surface area (Å²) in [4.78, 5) is 22.1. The van der Waals surface area contributed by atoms with Gasteiger partial charge in [0.1, 0.15) is 0 Å². The van der Waals surface area contributed by atoms with Crippen molar-refractivity contribution in [1.82, 2.24) is 19.6 Å². The second-order valence-electron chi connectivity index (χ2n) is 5.95. The van der Waals surface area contributed by atoms with E-state index in [1.54, 1.807) is 16.8 Å². The van der Waals surface area contributed by atoms with E-state index in [0.717, 1.165) is 11.3 Å². The quantitative estimate of drug-likeness (QED) is 0.494. The fourth-order valence-electron chi connectivity index (χ4n) is 2.53. The van der Waals surface area contributed by atoms with Crippen LogP contribution in [0.2, 0.25) is 5.02 Å². The SMILES string of the molecule is Cc1cc(NC(=O)CCn2ccc([N+](=O)[O-])n2)nn1Cc1cccc(Cl)c1. The van der Waals surface area contributed by atoms with Gasteiger partial charge in [-0.1, -0.05) is 23.7 Å². The Morgan fingerprint density at radius 1 is 1.30 bits per heavy atom. The lowest BCUT2D eigenvalue weighted by atomic mass is 10.2. The Labute approximate surface area is 159 Å². The number of anilines is 1.